The van der Waals surface area contributed by atoms with Gasteiger partial charge in [0.2, 0.25) is 0 Å². The number of hydrogen-bond donors (Lipinski definition) is 0. The molecular formula is C21H29BNSn. The minimum absolute atomic E-state index is 1.04. The Hall–Kier alpha value is -0.996. The van der Waals surface area contributed by atoms with Gasteiger partial charge in [0, 0.05) is 0 Å². The summed E-state index contributed by atoms with van der Waals surface area (Å²) in [5.74, 6) is 0. The van der Waals surface area contributed by atoms with Crippen LogP contribution in [-0.4, -0.2) is 43.7 Å². The van der Waals surface area contributed by atoms with E-state index in [0.29, 0.717) is 0 Å². The normalized spacial score (nSPS) is 12.9. The quantitative estimate of drug-likeness (QED) is 0.425. The Balaban J connectivity index is 2.68. The molecule has 0 spiro atoms. The van der Waals surface area contributed by atoms with Gasteiger partial charge in [0.05, 0.1) is 0 Å². The van der Waals surface area contributed by atoms with Crippen LogP contribution in [0.25, 0.3) is 9.06 Å². The standard InChI is InChI=1S/C18H20BN.3CH3.Sn/c1-3-20(4-2)19-18(17-13-9-6-10-14-17)15-16-11-7-5-8-12-16;;;;/h5-14H,3-4H2,1-2H3;3*1H3;. The zero-order valence-corrected chi connectivity index (χ0v) is 18.6. The Bertz CT molecular complexity index is 655. The maximum absolute atomic E-state index is 2.51. The van der Waals surface area contributed by atoms with Gasteiger partial charge in [-0.15, -0.1) is 0 Å². The second kappa shape index (κ2) is 8.91. The number of rotatable bonds is 7. The first-order chi connectivity index (χ1) is 11.5. The van der Waals surface area contributed by atoms with Crippen LogP contribution in [-0.2, 0) is 0 Å². The second-order valence-electron chi connectivity index (χ2n) is 7.12. The van der Waals surface area contributed by atoms with Crippen LogP contribution in [0.1, 0.15) is 25.0 Å². The monoisotopic (exact) mass is 426 g/mol. The van der Waals surface area contributed by atoms with Gasteiger partial charge in [-0.05, 0) is 0 Å². The molecule has 0 heterocycles. The predicted molar refractivity (Wildman–Crippen MR) is 112 cm³/mol. The Labute approximate surface area is 152 Å². The van der Waals surface area contributed by atoms with Gasteiger partial charge in [-0.1, -0.05) is 0 Å². The Morgan fingerprint density at radius 1 is 0.792 bits per heavy atom. The molecule has 0 aliphatic carbocycles. The molecule has 0 bridgehead atoms. The summed E-state index contributed by atoms with van der Waals surface area (Å²) in [5, 5.41) is 0. The molecular weight excluding hydrogens is 396 g/mol. The van der Waals surface area contributed by atoms with Crippen molar-refractivity contribution in [1.82, 2.24) is 4.81 Å². The third-order valence-corrected chi connectivity index (χ3v) is 10.2. The van der Waals surface area contributed by atoms with E-state index in [-0.39, 0.29) is 0 Å². The van der Waals surface area contributed by atoms with Crippen molar-refractivity contribution in [3.8, 4) is 0 Å². The van der Waals surface area contributed by atoms with Gasteiger partial charge in [0.1, 0.15) is 0 Å². The molecule has 0 amide bonds. The van der Waals surface area contributed by atoms with Crippen LogP contribution in [0.3, 0.4) is 0 Å². The summed E-state index contributed by atoms with van der Waals surface area (Å²) in [5.41, 5.74) is 4.13. The van der Waals surface area contributed by atoms with Gasteiger partial charge >= 0.3 is 153 Å². The number of hydrogen-bond acceptors (Lipinski definition) is 1. The van der Waals surface area contributed by atoms with Crippen molar-refractivity contribution < 1.29 is 0 Å². The first kappa shape index (κ1) is 19.3. The van der Waals surface area contributed by atoms with Gasteiger partial charge in [-0.3, -0.25) is 0 Å². The molecule has 0 aliphatic rings. The van der Waals surface area contributed by atoms with E-state index in [2.05, 4.69) is 102 Å². The van der Waals surface area contributed by atoms with Crippen LogP contribution in [0.4, 0.5) is 0 Å². The SMILES string of the molecule is CCN([B]C(=[C](c1ccccc1)[Sn]([CH3])([CH3])[CH3])c1ccccc1)CC. The molecule has 0 aromatic heterocycles. The van der Waals surface area contributed by atoms with E-state index < -0.39 is 18.4 Å². The Morgan fingerprint density at radius 2 is 1.25 bits per heavy atom. The van der Waals surface area contributed by atoms with Crippen molar-refractivity contribution in [3.05, 3.63) is 71.8 Å². The van der Waals surface area contributed by atoms with E-state index in [1.807, 2.05) is 0 Å². The number of nitrogens with zero attached hydrogens (tertiary/aromatic N) is 1. The topological polar surface area (TPSA) is 3.24 Å². The van der Waals surface area contributed by atoms with E-state index >= 15 is 0 Å². The van der Waals surface area contributed by atoms with E-state index in [1.165, 1.54) is 16.6 Å². The van der Waals surface area contributed by atoms with Crippen molar-refractivity contribution in [3.63, 3.8) is 0 Å². The average molecular weight is 425 g/mol. The second-order valence-corrected chi connectivity index (χ2v) is 21.4. The molecule has 125 valence electrons. The summed E-state index contributed by atoms with van der Waals surface area (Å²) < 4.78 is 1.60. The third kappa shape index (κ3) is 5.00. The van der Waals surface area contributed by atoms with Gasteiger partial charge in [0.25, 0.3) is 0 Å². The molecule has 0 saturated carbocycles. The zero-order valence-electron chi connectivity index (χ0n) is 15.7. The maximum atomic E-state index is 2.51. The Kier molecular flexibility index (Phi) is 7.18. The molecule has 0 aliphatic heterocycles. The fourth-order valence-corrected chi connectivity index (χ4v) is 8.94. The summed E-state index contributed by atoms with van der Waals surface area (Å²) in [6.45, 7) is 6.53. The Morgan fingerprint density at radius 3 is 1.67 bits per heavy atom. The van der Waals surface area contributed by atoms with Crippen LogP contribution in [0.5, 0.6) is 0 Å². The van der Waals surface area contributed by atoms with Crippen molar-refractivity contribution in [2.45, 2.75) is 28.7 Å². The van der Waals surface area contributed by atoms with Crippen LogP contribution < -0.4 is 0 Å². The summed E-state index contributed by atoms with van der Waals surface area (Å²) in [7, 11) is 2.39. The third-order valence-electron chi connectivity index (χ3n) is 4.29. The van der Waals surface area contributed by atoms with E-state index in [1.54, 1.807) is 3.59 Å². The van der Waals surface area contributed by atoms with Crippen LogP contribution in [0, 0.1) is 0 Å². The zero-order chi connectivity index (χ0) is 17.6. The molecule has 2 aromatic carbocycles. The van der Waals surface area contributed by atoms with Gasteiger partial charge in [-0.25, -0.2) is 0 Å². The molecule has 1 radical (unpaired) electrons. The molecule has 0 unspecified atom stereocenters. The fraction of sp³-hybridized carbons (Fsp3) is 0.333. The fourth-order valence-electron chi connectivity index (χ4n) is 3.09. The van der Waals surface area contributed by atoms with Crippen molar-refractivity contribution in [1.29, 1.82) is 0 Å². The molecule has 0 N–H and O–H groups in total. The minimum atomic E-state index is -2.36. The van der Waals surface area contributed by atoms with Crippen LogP contribution in [0.2, 0.25) is 14.8 Å². The molecule has 1 nitrogen and oxygen atoms in total. The van der Waals surface area contributed by atoms with Gasteiger partial charge < -0.3 is 0 Å². The van der Waals surface area contributed by atoms with E-state index in [9.17, 15) is 0 Å². The average Bonchev–Trinajstić information content (AvgIpc) is 2.59. The predicted octanol–water partition coefficient (Wildman–Crippen LogP) is 5.39. The summed E-state index contributed by atoms with van der Waals surface area (Å²) in [6.07, 6.45) is 0. The molecule has 24 heavy (non-hydrogen) atoms. The molecule has 0 atom stereocenters. The molecule has 2 rings (SSSR count). The summed E-state index contributed by atoms with van der Waals surface area (Å²) in [6, 6.07) is 21.9. The van der Waals surface area contributed by atoms with Crippen LogP contribution >= 0.6 is 0 Å². The number of benzene rings is 2. The first-order valence-electron chi connectivity index (χ1n) is 8.91. The molecule has 3 heteroatoms. The van der Waals surface area contributed by atoms with Crippen molar-refractivity contribution in [2.75, 3.05) is 13.1 Å². The summed E-state index contributed by atoms with van der Waals surface area (Å²) in [4.78, 5) is 9.94. The first-order valence-corrected chi connectivity index (χ1v) is 18.9. The molecule has 2 aromatic rings. The van der Waals surface area contributed by atoms with E-state index in [4.69, 9.17) is 0 Å². The van der Waals surface area contributed by atoms with Crippen molar-refractivity contribution in [2.24, 2.45) is 0 Å². The van der Waals surface area contributed by atoms with E-state index in [0.717, 1.165) is 13.1 Å². The van der Waals surface area contributed by atoms with Crippen LogP contribution in [0.15, 0.2) is 60.7 Å². The summed E-state index contributed by atoms with van der Waals surface area (Å²) >= 11 is -2.36. The van der Waals surface area contributed by atoms with Gasteiger partial charge in [-0.2, -0.15) is 0 Å². The van der Waals surface area contributed by atoms with Gasteiger partial charge in [0.15, 0.2) is 0 Å². The molecule has 0 fully saturated rings. The molecule has 0 saturated heterocycles. The van der Waals surface area contributed by atoms with Crippen molar-refractivity contribution >= 4 is 34.9 Å².